The molecule has 1 heterocycles. The molecule has 0 fully saturated rings. The van der Waals surface area contributed by atoms with Gasteiger partial charge in [-0.05, 0) is 40.2 Å². The lowest BCUT2D eigenvalue weighted by Crippen LogP contribution is -2.38. The Morgan fingerprint density at radius 3 is 1.92 bits per heavy atom. The van der Waals surface area contributed by atoms with Gasteiger partial charge in [-0.1, -0.05) is 0 Å². The Kier molecular flexibility index (Phi) is 2.56. The molecule has 0 aliphatic carbocycles. The molecule has 0 N–H and O–H groups in total. The van der Waals surface area contributed by atoms with Gasteiger partial charge in [0.2, 0.25) is 10.0 Å². The Morgan fingerprint density at radius 1 is 1.31 bits per heavy atom. The van der Waals surface area contributed by atoms with Crippen molar-refractivity contribution in [3.05, 3.63) is 10.5 Å². The summed E-state index contributed by atoms with van der Waals surface area (Å²) in [7, 11) is -3.15. The Labute approximate surface area is 80.5 Å². The van der Waals surface area contributed by atoms with Crippen LogP contribution in [-0.4, -0.2) is 24.8 Å². The summed E-state index contributed by atoms with van der Waals surface area (Å²) in [6.07, 6.45) is 0. The van der Waals surface area contributed by atoms with Crippen molar-refractivity contribution < 1.29 is 8.42 Å². The van der Waals surface area contributed by atoms with E-state index in [1.165, 1.54) is 0 Å². The van der Waals surface area contributed by atoms with Crippen LogP contribution in [0.2, 0.25) is 0 Å². The molecule has 76 valence electrons. The minimum Gasteiger partial charge on any atom is -0.207 e. The maximum absolute atomic E-state index is 11.8. The predicted octanol–water partition coefficient (Wildman–Crippen LogP) is 1.72. The molecule has 1 rings (SSSR count). The molecule has 0 saturated heterocycles. The molecule has 1 aliphatic heterocycles. The first-order chi connectivity index (χ1) is 5.80. The van der Waals surface area contributed by atoms with Crippen molar-refractivity contribution in [1.82, 2.24) is 4.31 Å². The summed E-state index contributed by atoms with van der Waals surface area (Å²) in [4.78, 5) is 0.522. The van der Waals surface area contributed by atoms with E-state index in [9.17, 15) is 8.42 Å². The van der Waals surface area contributed by atoms with Gasteiger partial charge < -0.3 is 0 Å². The zero-order valence-electron chi connectivity index (χ0n) is 8.83. The third-order valence-electron chi connectivity index (χ3n) is 2.74. The molecule has 13 heavy (non-hydrogen) atoms. The molecule has 0 amide bonds. The van der Waals surface area contributed by atoms with Crippen molar-refractivity contribution in [2.75, 3.05) is 0 Å². The van der Waals surface area contributed by atoms with Gasteiger partial charge in [0, 0.05) is 12.1 Å². The van der Waals surface area contributed by atoms with Crippen molar-refractivity contribution in [2.45, 2.75) is 46.7 Å². The molecule has 0 radical (unpaired) electrons. The van der Waals surface area contributed by atoms with E-state index in [4.69, 9.17) is 0 Å². The van der Waals surface area contributed by atoms with Crippen LogP contribution in [0.5, 0.6) is 0 Å². The Hall–Kier alpha value is -0.350. The van der Waals surface area contributed by atoms with Gasteiger partial charge in [0.1, 0.15) is 0 Å². The van der Waals surface area contributed by atoms with Gasteiger partial charge in [-0.15, -0.1) is 0 Å². The van der Waals surface area contributed by atoms with Crippen LogP contribution in [0, 0.1) is 0 Å². The van der Waals surface area contributed by atoms with Crippen LogP contribution >= 0.6 is 0 Å². The first-order valence-electron chi connectivity index (χ1n) is 4.51. The monoisotopic (exact) mass is 203 g/mol. The first kappa shape index (κ1) is 10.7. The minimum absolute atomic E-state index is 0.0185. The van der Waals surface area contributed by atoms with Gasteiger partial charge in [0.05, 0.1) is 4.91 Å². The highest BCUT2D eigenvalue weighted by atomic mass is 32.2. The normalized spacial score (nSPS) is 28.9. The topological polar surface area (TPSA) is 37.4 Å². The lowest BCUT2D eigenvalue weighted by Gasteiger charge is -2.25. The number of hydrogen-bond acceptors (Lipinski definition) is 2. The second kappa shape index (κ2) is 3.10. The van der Waals surface area contributed by atoms with E-state index >= 15 is 0 Å². The summed E-state index contributed by atoms with van der Waals surface area (Å²) >= 11 is 0. The molecule has 1 unspecified atom stereocenters. The van der Waals surface area contributed by atoms with Crippen LogP contribution in [0.3, 0.4) is 0 Å². The van der Waals surface area contributed by atoms with E-state index in [0.717, 1.165) is 5.57 Å². The number of sulfonamides is 1. The predicted molar refractivity (Wildman–Crippen MR) is 53.7 cm³/mol. The van der Waals surface area contributed by atoms with E-state index in [2.05, 4.69) is 0 Å². The van der Waals surface area contributed by atoms with Crippen LogP contribution in [0.4, 0.5) is 0 Å². The highest BCUT2D eigenvalue weighted by Crippen LogP contribution is 2.32. The van der Waals surface area contributed by atoms with E-state index in [1.54, 1.807) is 11.2 Å². The molecular formula is C9H17NO2S. The number of rotatable bonds is 1. The smallest absolute Gasteiger partial charge is 0.207 e. The van der Waals surface area contributed by atoms with Crippen LogP contribution in [0.25, 0.3) is 0 Å². The van der Waals surface area contributed by atoms with Crippen LogP contribution in [-0.2, 0) is 10.0 Å². The second-order valence-corrected chi connectivity index (χ2v) is 5.83. The van der Waals surface area contributed by atoms with Crippen molar-refractivity contribution in [2.24, 2.45) is 0 Å². The Bertz CT molecular complexity index is 341. The lowest BCUT2D eigenvalue weighted by atomic mass is 10.1. The molecule has 1 atom stereocenters. The van der Waals surface area contributed by atoms with Gasteiger partial charge >= 0.3 is 0 Å². The molecule has 0 aromatic carbocycles. The summed E-state index contributed by atoms with van der Waals surface area (Å²) < 4.78 is 25.2. The van der Waals surface area contributed by atoms with Crippen molar-refractivity contribution in [3.63, 3.8) is 0 Å². The molecular weight excluding hydrogens is 186 g/mol. The summed E-state index contributed by atoms with van der Waals surface area (Å²) in [5.74, 6) is 0. The van der Waals surface area contributed by atoms with Gasteiger partial charge in [-0.25, -0.2) is 8.42 Å². The Morgan fingerprint density at radius 2 is 1.77 bits per heavy atom. The lowest BCUT2D eigenvalue weighted by molar-refractivity contribution is 0.327. The average Bonchev–Trinajstić information content (AvgIpc) is 2.12. The maximum Gasteiger partial charge on any atom is 0.239 e. The van der Waals surface area contributed by atoms with E-state index < -0.39 is 10.0 Å². The third-order valence-corrected chi connectivity index (χ3v) is 5.13. The molecule has 4 heteroatoms. The van der Waals surface area contributed by atoms with Crippen molar-refractivity contribution in [3.8, 4) is 0 Å². The molecule has 3 nitrogen and oxygen atoms in total. The van der Waals surface area contributed by atoms with Gasteiger partial charge in [0.15, 0.2) is 0 Å². The van der Waals surface area contributed by atoms with Crippen LogP contribution in [0.1, 0.15) is 34.6 Å². The molecule has 0 saturated carbocycles. The maximum atomic E-state index is 11.8. The van der Waals surface area contributed by atoms with E-state index in [-0.39, 0.29) is 12.1 Å². The number of hydrogen-bond donors (Lipinski definition) is 0. The van der Waals surface area contributed by atoms with Gasteiger partial charge in [0.25, 0.3) is 0 Å². The molecule has 0 aromatic heterocycles. The second-order valence-electron chi connectivity index (χ2n) is 3.84. The average molecular weight is 203 g/mol. The fourth-order valence-electron chi connectivity index (χ4n) is 1.78. The molecule has 0 spiro atoms. The third kappa shape index (κ3) is 1.42. The van der Waals surface area contributed by atoms with Crippen LogP contribution < -0.4 is 0 Å². The van der Waals surface area contributed by atoms with Crippen molar-refractivity contribution in [1.29, 1.82) is 0 Å². The zero-order valence-corrected chi connectivity index (χ0v) is 9.64. The van der Waals surface area contributed by atoms with Gasteiger partial charge in [-0.2, -0.15) is 4.31 Å². The number of nitrogens with zero attached hydrogens (tertiary/aromatic N) is 1. The number of allylic oxidation sites excluding steroid dienone is 1. The highest BCUT2D eigenvalue weighted by molar-refractivity contribution is 7.93. The minimum atomic E-state index is -3.15. The Balaban J connectivity index is 3.23. The SMILES string of the molecule is CC1=C(C)S(=O)(=O)N(C(C)C)C1C. The summed E-state index contributed by atoms with van der Waals surface area (Å²) in [5.41, 5.74) is 0.966. The largest absolute Gasteiger partial charge is 0.239 e. The highest BCUT2D eigenvalue weighted by Gasteiger charge is 2.39. The molecule has 1 aliphatic rings. The zero-order chi connectivity index (χ0) is 10.4. The summed E-state index contributed by atoms with van der Waals surface area (Å²) in [5, 5.41) is 0. The summed E-state index contributed by atoms with van der Waals surface area (Å²) in [6, 6.07) is 0.0531. The summed E-state index contributed by atoms with van der Waals surface area (Å²) in [6.45, 7) is 9.31. The standard InChI is InChI=1S/C9H17NO2S/c1-6(2)10-8(4)7(3)9(5)13(10,11)12/h6,8H,1-5H3. The van der Waals surface area contributed by atoms with E-state index in [1.807, 2.05) is 27.7 Å². The molecule has 0 bridgehead atoms. The fourth-order valence-corrected chi connectivity index (χ4v) is 3.80. The van der Waals surface area contributed by atoms with Gasteiger partial charge in [-0.3, -0.25) is 0 Å². The van der Waals surface area contributed by atoms with E-state index in [0.29, 0.717) is 4.91 Å². The quantitative estimate of drug-likeness (QED) is 0.650. The first-order valence-corrected chi connectivity index (χ1v) is 5.95. The fraction of sp³-hybridized carbons (Fsp3) is 0.778. The molecule has 0 aromatic rings. The van der Waals surface area contributed by atoms with Crippen molar-refractivity contribution >= 4 is 10.0 Å². The van der Waals surface area contributed by atoms with Crippen LogP contribution in [0.15, 0.2) is 10.5 Å².